The Morgan fingerprint density at radius 2 is 1.76 bits per heavy atom. The Hall–Kier alpha value is -3.41. The van der Waals surface area contributed by atoms with Crippen molar-refractivity contribution < 1.29 is 14.3 Å². The minimum atomic E-state index is -0.155. The molecule has 2 amide bonds. The molecule has 3 rings (SSSR count). The number of unbranched alkanes of at least 4 members (excludes halogenated alkanes) is 4. The molecule has 1 aliphatic heterocycles. The molecule has 0 spiro atoms. The Balaban J connectivity index is 1.70. The van der Waals surface area contributed by atoms with Crippen molar-refractivity contribution in [2.24, 2.45) is 0 Å². The topological polar surface area (TPSA) is 62.8 Å². The normalized spacial score (nSPS) is 12.3. The first-order valence-electron chi connectivity index (χ1n) is 14.0. The summed E-state index contributed by atoms with van der Waals surface area (Å²) < 4.78 is 11.2. The van der Waals surface area contributed by atoms with Crippen LogP contribution in [0.5, 0.6) is 11.5 Å². The summed E-state index contributed by atoms with van der Waals surface area (Å²) in [5, 5.41) is 6.08. The van der Waals surface area contributed by atoms with E-state index in [1.54, 1.807) is 0 Å². The number of ether oxygens (including phenoxy) is 2. The number of amides is 2. The summed E-state index contributed by atoms with van der Waals surface area (Å²) >= 11 is 0. The predicted molar refractivity (Wildman–Crippen MR) is 158 cm³/mol. The van der Waals surface area contributed by atoms with Gasteiger partial charge in [0.15, 0.2) is 11.5 Å². The zero-order chi connectivity index (χ0) is 27.2. The van der Waals surface area contributed by atoms with Crippen LogP contribution in [0.4, 0.5) is 16.2 Å². The fourth-order valence-corrected chi connectivity index (χ4v) is 4.38. The largest absolute Gasteiger partial charge is 0.454 e. The second-order valence-electron chi connectivity index (χ2n) is 10.2. The van der Waals surface area contributed by atoms with Gasteiger partial charge in [0.25, 0.3) is 0 Å². The summed E-state index contributed by atoms with van der Waals surface area (Å²) in [4.78, 5) is 14.9. The molecule has 6 nitrogen and oxygen atoms in total. The number of fused-ring (bicyclic) bond motifs is 1. The summed E-state index contributed by atoms with van der Waals surface area (Å²) in [6, 6.07) is 13.9. The average molecular weight is 520 g/mol. The van der Waals surface area contributed by atoms with Gasteiger partial charge in [-0.25, -0.2) is 4.79 Å². The molecule has 0 aromatic heterocycles. The van der Waals surface area contributed by atoms with Gasteiger partial charge in [-0.2, -0.15) is 0 Å². The predicted octanol–water partition coefficient (Wildman–Crippen LogP) is 8.21. The third-order valence-corrected chi connectivity index (χ3v) is 6.67. The van der Waals surface area contributed by atoms with Gasteiger partial charge in [-0.15, -0.1) is 0 Å². The van der Waals surface area contributed by atoms with Gasteiger partial charge < -0.3 is 25.0 Å². The van der Waals surface area contributed by atoms with E-state index < -0.39 is 0 Å². The Labute approximate surface area is 229 Å². The number of urea groups is 1. The molecule has 2 N–H and O–H groups in total. The fourth-order valence-electron chi connectivity index (χ4n) is 4.38. The molecule has 38 heavy (non-hydrogen) atoms. The minimum Gasteiger partial charge on any atom is -0.454 e. The van der Waals surface area contributed by atoms with Crippen LogP contribution in [0.25, 0.3) is 0 Å². The van der Waals surface area contributed by atoms with Crippen molar-refractivity contribution in [1.82, 2.24) is 5.32 Å². The molecule has 0 fully saturated rings. The smallest absolute Gasteiger partial charge is 0.319 e. The van der Waals surface area contributed by atoms with Crippen molar-refractivity contribution in [2.45, 2.75) is 79.2 Å². The molecule has 0 radical (unpaired) electrons. The molecular weight excluding hydrogens is 474 g/mol. The van der Waals surface area contributed by atoms with Crippen molar-refractivity contribution in [3.05, 3.63) is 71.3 Å². The minimum absolute atomic E-state index is 0.155. The van der Waals surface area contributed by atoms with Crippen molar-refractivity contribution in [2.75, 3.05) is 30.1 Å². The van der Waals surface area contributed by atoms with E-state index in [1.807, 2.05) is 30.3 Å². The Morgan fingerprint density at radius 3 is 2.58 bits per heavy atom. The zero-order valence-electron chi connectivity index (χ0n) is 23.6. The van der Waals surface area contributed by atoms with Gasteiger partial charge in [0.05, 0.1) is 0 Å². The van der Waals surface area contributed by atoms with Crippen molar-refractivity contribution in [3.8, 4) is 11.5 Å². The van der Waals surface area contributed by atoms with E-state index in [0.717, 1.165) is 60.7 Å². The summed E-state index contributed by atoms with van der Waals surface area (Å²) in [6.07, 6.45) is 12.5. The maximum atomic E-state index is 12.6. The number of anilines is 2. The van der Waals surface area contributed by atoms with Gasteiger partial charge in [-0.05, 0) is 63.8 Å². The molecule has 1 aliphatic rings. The van der Waals surface area contributed by atoms with E-state index in [-0.39, 0.29) is 12.8 Å². The number of hydrogen-bond donors (Lipinski definition) is 2. The third kappa shape index (κ3) is 9.81. The van der Waals surface area contributed by atoms with Gasteiger partial charge in [0, 0.05) is 37.1 Å². The van der Waals surface area contributed by atoms with Crippen molar-refractivity contribution >= 4 is 17.4 Å². The molecule has 0 saturated heterocycles. The maximum absolute atomic E-state index is 12.6. The van der Waals surface area contributed by atoms with Crippen molar-refractivity contribution in [3.63, 3.8) is 0 Å². The van der Waals surface area contributed by atoms with Gasteiger partial charge in [-0.1, -0.05) is 74.1 Å². The highest BCUT2D eigenvalue weighted by molar-refractivity contribution is 5.90. The molecule has 1 heterocycles. The molecule has 0 bridgehead atoms. The van der Waals surface area contributed by atoms with Crippen LogP contribution in [0.3, 0.4) is 0 Å². The number of benzene rings is 2. The summed E-state index contributed by atoms with van der Waals surface area (Å²) in [7, 11) is 0. The second kappa shape index (κ2) is 15.8. The van der Waals surface area contributed by atoms with Gasteiger partial charge in [0.1, 0.15) is 0 Å². The lowest BCUT2D eigenvalue weighted by Crippen LogP contribution is -2.30. The monoisotopic (exact) mass is 519 g/mol. The first kappa shape index (κ1) is 29.2. The van der Waals surface area contributed by atoms with E-state index in [4.69, 9.17) is 9.47 Å². The highest BCUT2D eigenvalue weighted by Gasteiger charge is 2.17. The molecule has 0 atom stereocenters. The molecule has 0 saturated carbocycles. The number of rotatable bonds is 15. The molecule has 2 aromatic rings. The highest BCUT2D eigenvalue weighted by atomic mass is 16.7. The maximum Gasteiger partial charge on any atom is 0.319 e. The molecule has 0 aliphatic carbocycles. The standard InChI is InChI=1S/C32H45N3O3/c1-5-6-7-8-11-20-33-32(36)34-29-16-10-9-15-27(29)23-35(21-19-26(4)14-12-13-25(2)3)28-17-18-30-31(22-28)38-24-37-30/h9-10,13,15-19,22H,5-8,11-12,14,20-21,23-24H2,1-4H3,(H2,33,34,36)/b26-19+. The second-order valence-corrected chi connectivity index (χ2v) is 10.2. The number of carbonyl (C=O) groups excluding carboxylic acids is 1. The van der Waals surface area contributed by atoms with Crippen LogP contribution in [0, 0.1) is 0 Å². The first-order valence-corrected chi connectivity index (χ1v) is 14.0. The first-order chi connectivity index (χ1) is 18.5. The van der Waals surface area contributed by atoms with Crippen LogP contribution in [0.15, 0.2) is 65.8 Å². The van der Waals surface area contributed by atoms with Crippen LogP contribution >= 0.6 is 0 Å². The molecule has 6 heteroatoms. The van der Waals surface area contributed by atoms with E-state index in [2.05, 4.69) is 67.5 Å². The van der Waals surface area contributed by atoms with Crippen LogP contribution in [0.1, 0.15) is 78.2 Å². The molecule has 206 valence electrons. The lowest BCUT2D eigenvalue weighted by atomic mass is 10.1. The number of nitrogens with zero attached hydrogens (tertiary/aromatic N) is 1. The lowest BCUT2D eigenvalue weighted by Gasteiger charge is -2.25. The van der Waals surface area contributed by atoms with Gasteiger partial charge in [-0.3, -0.25) is 0 Å². The Morgan fingerprint density at radius 1 is 0.974 bits per heavy atom. The van der Waals surface area contributed by atoms with E-state index >= 15 is 0 Å². The molecule has 2 aromatic carbocycles. The molecule has 0 unspecified atom stereocenters. The number of nitrogens with one attached hydrogen (secondary N) is 2. The number of carbonyl (C=O) groups is 1. The number of hydrogen-bond acceptors (Lipinski definition) is 4. The van der Waals surface area contributed by atoms with E-state index in [9.17, 15) is 4.79 Å². The highest BCUT2D eigenvalue weighted by Crippen LogP contribution is 2.36. The summed E-state index contributed by atoms with van der Waals surface area (Å²) in [5.74, 6) is 1.54. The average Bonchev–Trinajstić information content (AvgIpc) is 3.37. The van der Waals surface area contributed by atoms with Crippen LogP contribution in [-0.2, 0) is 6.54 Å². The van der Waals surface area contributed by atoms with Crippen molar-refractivity contribution in [1.29, 1.82) is 0 Å². The zero-order valence-corrected chi connectivity index (χ0v) is 23.6. The molecular formula is C32H45N3O3. The van der Waals surface area contributed by atoms with Gasteiger partial charge in [0.2, 0.25) is 6.79 Å². The van der Waals surface area contributed by atoms with Crippen LogP contribution < -0.4 is 25.0 Å². The SMILES string of the molecule is CCCCCCCNC(=O)Nc1ccccc1CN(C/C=C(\C)CCC=C(C)C)c1ccc2c(c1)OCO2. The fraction of sp³-hybridized carbons (Fsp3) is 0.469. The quantitative estimate of drug-likeness (QED) is 0.184. The summed E-state index contributed by atoms with van der Waals surface area (Å²) in [6.45, 7) is 11.0. The van der Waals surface area contributed by atoms with Gasteiger partial charge >= 0.3 is 6.03 Å². The number of para-hydroxylation sites is 1. The van der Waals surface area contributed by atoms with Crippen LogP contribution in [-0.4, -0.2) is 25.9 Å². The number of allylic oxidation sites excluding steroid dienone is 3. The van der Waals surface area contributed by atoms with E-state index in [1.165, 1.54) is 30.4 Å². The van der Waals surface area contributed by atoms with Crippen LogP contribution in [0.2, 0.25) is 0 Å². The lowest BCUT2D eigenvalue weighted by molar-refractivity contribution is 0.174. The third-order valence-electron chi connectivity index (χ3n) is 6.67. The Bertz CT molecular complexity index is 1090. The van der Waals surface area contributed by atoms with E-state index in [0.29, 0.717) is 13.1 Å². The summed E-state index contributed by atoms with van der Waals surface area (Å²) in [5.41, 5.74) is 5.64. The Kier molecular flexibility index (Phi) is 12.1.